The molecule has 1 aliphatic heterocycles. The van der Waals surface area contributed by atoms with Crippen LogP contribution in [0.25, 0.3) is 16.9 Å². The molecule has 0 saturated heterocycles. The molecule has 0 radical (unpaired) electrons. The maximum absolute atomic E-state index is 15.6. The molecule has 196 valence electrons. The molecule has 1 unspecified atom stereocenters. The molecule has 4 N–H and O–H groups in total. The van der Waals surface area contributed by atoms with Gasteiger partial charge in [-0.1, -0.05) is 48.5 Å². The second-order valence-corrected chi connectivity index (χ2v) is 9.56. The molecule has 5 rings (SSSR count). The van der Waals surface area contributed by atoms with Gasteiger partial charge in [0.15, 0.2) is 0 Å². The average Bonchev–Trinajstić information content (AvgIpc) is 3.25. The number of aromatic nitrogens is 2. The number of urea groups is 1. The minimum atomic E-state index is -0.986. The van der Waals surface area contributed by atoms with Crippen LogP contribution in [0.2, 0.25) is 0 Å². The molecular formula is C29H29F2N5O2. The summed E-state index contributed by atoms with van der Waals surface area (Å²) in [6.45, 7) is 4.85. The Bertz CT molecular complexity index is 1480. The van der Waals surface area contributed by atoms with E-state index in [1.54, 1.807) is 4.68 Å². The highest BCUT2D eigenvalue weighted by atomic mass is 19.1. The fraction of sp³-hybridized carbons (Fsp3) is 0.241. The van der Waals surface area contributed by atoms with Crippen LogP contribution in [0.3, 0.4) is 0 Å². The summed E-state index contributed by atoms with van der Waals surface area (Å²) in [6.07, 6.45) is 0.578. The van der Waals surface area contributed by atoms with Crippen molar-refractivity contribution < 1.29 is 18.7 Å². The van der Waals surface area contributed by atoms with E-state index in [1.807, 2.05) is 62.4 Å². The van der Waals surface area contributed by atoms with Crippen LogP contribution >= 0.6 is 0 Å². The zero-order valence-corrected chi connectivity index (χ0v) is 21.2. The molecule has 0 saturated carbocycles. The van der Waals surface area contributed by atoms with Crippen molar-refractivity contribution in [3.63, 3.8) is 0 Å². The number of aryl methyl sites for hydroxylation is 2. The second kappa shape index (κ2) is 10.4. The number of carbonyl (C=O) groups is 1. The van der Waals surface area contributed by atoms with Crippen LogP contribution in [-0.4, -0.2) is 39.0 Å². The van der Waals surface area contributed by atoms with E-state index >= 15 is 8.78 Å². The van der Waals surface area contributed by atoms with E-state index in [0.29, 0.717) is 25.2 Å². The Morgan fingerprint density at radius 2 is 1.79 bits per heavy atom. The molecule has 0 aliphatic carbocycles. The van der Waals surface area contributed by atoms with Gasteiger partial charge in [-0.2, -0.15) is 5.10 Å². The number of nitrogens with two attached hydrogens (primary N) is 1. The summed E-state index contributed by atoms with van der Waals surface area (Å²) in [7, 11) is 0. The van der Waals surface area contributed by atoms with E-state index in [1.165, 1.54) is 0 Å². The zero-order chi connectivity index (χ0) is 27.0. The number of rotatable bonds is 6. The van der Waals surface area contributed by atoms with Gasteiger partial charge in [0.25, 0.3) is 0 Å². The van der Waals surface area contributed by atoms with E-state index in [0.717, 1.165) is 45.8 Å². The van der Waals surface area contributed by atoms with Crippen LogP contribution in [0.4, 0.5) is 19.3 Å². The van der Waals surface area contributed by atoms with Gasteiger partial charge in [0.2, 0.25) is 0 Å². The standard InChI is InChI=1S/C29H29F2N5O2/c1-17-7-6-8-18(2)27(17)36-28(20-13-23(31)25(14-22(20)30)33-29(32)38)21-15-35(12-11-24(21)34-36)26(16-37)19-9-4-3-5-10-19/h3-10,13-14,26,37H,11-12,15-16H2,1-2H3,(H3,32,33,38). The van der Waals surface area contributed by atoms with Crippen LogP contribution in [0, 0.1) is 25.5 Å². The SMILES string of the molecule is Cc1cccc(C)c1-n1nc2c(c1-c1cc(F)c(NC(N)=O)cc1F)CN(C(CO)c1ccccc1)CC2. The summed E-state index contributed by atoms with van der Waals surface area (Å²) in [4.78, 5) is 13.4. The summed E-state index contributed by atoms with van der Waals surface area (Å²) in [5, 5.41) is 17.3. The Labute approximate surface area is 219 Å². The molecule has 1 aromatic heterocycles. The molecule has 9 heteroatoms. The van der Waals surface area contributed by atoms with Crippen LogP contribution < -0.4 is 11.1 Å². The Morgan fingerprint density at radius 1 is 1.08 bits per heavy atom. The lowest BCUT2D eigenvalue weighted by atomic mass is 9.96. The van der Waals surface area contributed by atoms with Gasteiger partial charge in [-0.05, 0) is 36.6 Å². The average molecular weight is 518 g/mol. The van der Waals surface area contributed by atoms with Gasteiger partial charge >= 0.3 is 6.03 Å². The van der Waals surface area contributed by atoms with Crippen molar-refractivity contribution in [2.24, 2.45) is 5.73 Å². The summed E-state index contributed by atoms with van der Waals surface area (Å²) < 4.78 is 32.4. The first kappa shape index (κ1) is 25.6. The van der Waals surface area contributed by atoms with Crippen molar-refractivity contribution in [3.8, 4) is 16.9 Å². The monoisotopic (exact) mass is 517 g/mol. The second-order valence-electron chi connectivity index (χ2n) is 9.56. The van der Waals surface area contributed by atoms with Gasteiger partial charge in [-0.3, -0.25) is 4.90 Å². The zero-order valence-electron chi connectivity index (χ0n) is 21.2. The number of halogens is 2. The Hall–Kier alpha value is -4.08. The highest BCUT2D eigenvalue weighted by molar-refractivity contribution is 5.88. The number of fused-ring (bicyclic) bond motifs is 1. The Kier molecular flexibility index (Phi) is 6.96. The first-order chi connectivity index (χ1) is 18.3. The first-order valence-electron chi connectivity index (χ1n) is 12.4. The van der Waals surface area contributed by atoms with E-state index in [4.69, 9.17) is 10.8 Å². The summed E-state index contributed by atoms with van der Waals surface area (Å²) >= 11 is 0. The molecule has 1 atom stereocenters. The number of para-hydroxylation sites is 1. The molecule has 7 nitrogen and oxygen atoms in total. The van der Waals surface area contributed by atoms with Crippen molar-refractivity contribution >= 4 is 11.7 Å². The van der Waals surface area contributed by atoms with Crippen molar-refractivity contribution in [1.82, 2.24) is 14.7 Å². The molecule has 0 fully saturated rings. The lowest BCUT2D eigenvalue weighted by molar-refractivity contribution is 0.111. The Morgan fingerprint density at radius 3 is 2.45 bits per heavy atom. The summed E-state index contributed by atoms with van der Waals surface area (Å²) in [5.74, 6) is -1.53. The fourth-order valence-corrected chi connectivity index (χ4v) is 5.30. The maximum Gasteiger partial charge on any atom is 0.316 e. The van der Waals surface area contributed by atoms with Gasteiger partial charge < -0.3 is 16.2 Å². The number of primary amides is 1. The normalized spacial score (nSPS) is 14.2. The van der Waals surface area contributed by atoms with Gasteiger partial charge in [0, 0.05) is 36.7 Å². The van der Waals surface area contributed by atoms with E-state index in [2.05, 4.69) is 10.2 Å². The van der Waals surface area contributed by atoms with Crippen LogP contribution in [0.1, 0.15) is 34.0 Å². The lowest BCUT2D eigenvalue weighted by Crippen LogP contribution is -2.35. The van der Waals surface area contributed by atoms with Gasteiger partial charge in [0.05, 0.1) is 35.4 Å². The predicted molar refractivity (Wildman–Crippen MR) is 142 cm³/mol. The molecule has 3 aromatic carbocycles. The van der Waals surface area contributed by atoms with E-state index in [9.17, 15) is 9.90 Å². The highest BCUT2D eigenvalue weighted by Gasteiger charge is 2.32. The number of benzene rings is 3. The minimum absolute atomic E-state index is 0.0241. The number of nitrogens with one attached hydrogen (secondary N) is 1. The maximum atomic E-state index is 15.6. The number of carbonyl (C=O) groups excluding carboxylic acids is 1. The lowest BCUT2D eigenvalue weighted by Gasteiger charge is -2.33. The van der Waals surface area contributed by atoms with Crippen molar-refractivity contribution in [3.05, 3.63) is 100 Å². The Balaban J connectivity index is 1.69. The van der Waals surface area contributed by atoms with Crippen LogP contribution in [-0.2, 0) is 13.0 Å². The minimum Gasteiger partial charge on any atom is -0.394 e. The fourth-order valence-electron chi connectivity index (χ4n) is 5.30. The van der Waals surface area contributed by atoms with Crippen molar-refractivity contribution in [2.45, 2.75) is 32.9 Å². The van der Waals surface area contributed by atoms with Crippen molar-refractivity contribution in [2.75, 3.05) is 18.5 Å². The number of nitrogens with zero attached hydrogens (tertiary/aromatic N) is 3. The molecule has 2 amide bonds. The van der Waals surface area contributed by atoms with Gasteiger partial charge in [0.1, 0.15) is 11.6 Å². The van der Waals surface area contributed by atoms with E-state index < -0.39 is 17.7 Å². The molecule has 0 spiro atoms. The quantitative estimate of drug-likeness (QED) is 0.335. The molecule has 38 heavy (non-hydrogen) atoms. The van der Waals surface area contributed by atoms with Gasteiger partial charge in [-0.25, -0.2) is 18.3 Å². The predicted octanol–water partition coefficient (Wildman–Crippen LogP) is 5.02. The largest absolute Gasteiger partial charge is 0.394 e. The van der Waals surface area contributed by atoms with Gasteiger partial charge in [-0.15, -0.1) is 0 Å². The third kappa shape index (κ3) is 4.66. The topological polar surface area (TPSA) is 96.4 Å². The number of aliphatic hydroxyl groups is 1. The number of hydrogen-bond acceptors (Lipinski definition) is 4. The van der Waals surface area contributed by atoms with Crippen LogP contribution in [0.15, 0.2) is 60.7 Å². The number of anilines is 1. The number of aliphatic hydroxyl groups excluding tert-OH is 1. The molecule has 1 aliphatic rings. The molecule has 0 bridgehead atoms. The van der Waals surface area contributed by atoms with Crippen LogP contribution in [0.5, 0.6) is 0 Å². The molecular weight excluding hydrogens is 488 g/mol. The molecule has 2 heterocycles. The number of hydrogen-bond donors (Lipinski definition) is 3. The smallest absolute Gasteiger partial charge is 0.316 e. The number of amides is 2. The molecule has 4 aromatic rings. The highest BCUT2D eigenvalue weighted by Crippen LogP contribution is 2.39. The summed E-state index contributed by atoms with van der Waals surface area (Å²) in [5.41, 5.74) is 10.5. The van der Waals surface area contributed by atoms with E-state index in [-0.39, 0.29) is 23.9 Å². The first-order valence-corrected chi connectivity index (χ1v) is 12.4. The summed E-state index contributed by atoms with van der Waals surface area (Å²) in [6, 6.07) is 16.3. The third-order valence-electron chi connectivity index (χ3n) is 7.08. The van der Waals surface area contributed by atoms with Crippen molar-refractivity contribution in [1.29, 1.82) is 0 Å². The third-order valence-corrected chi connectivity index (χ3v) is 7.08.